The van der Waals surface area contributed by atoms with Crippen molar-refractivity contribution in [3.05, 3.63) is 49.6 Å². The van der Waals surface area contributed by atoms with Crippen molar-refractivity contribution in [2.75, 3.05) is 7.11 Å². The molecular weight excluding hydrogens is 334 g/mol. The Morgan fingerprint density at radius 2 is 2.17 bits per heavy atom. The third-order valence-electron chi connectivity index (χ3n) is 2.64. The number of hydrogen-bond donors (Lipinski definition) is 1. The van der Waals surface area contributed by atoms with Gasteiger partial charge in [0.2, 0.25) is 0 Å². The fourth-order valence-electron chi connectivity index (χ4n) is 1.77. The van der Waals surface area contributed by atoms with E-state index < -0.39 is 0 Å². The van der Waals surface area contributed by atoms with Gasteiger partial charge >= 0.3 is 0 Å². The van der Waals surface area contributed by atoms with Crippen LogP contribution in [-0.4, -0.2) is 7.11 Å². The lowest BCUT2D eigenvalue weighted by Crippen LogP contribution is -2.12. The average Bonchev–Trinajstić information content (AvgIpc) is 2.76. The topological polar surface area (TPSA) is 35.2 Å². The van der Waals surface area contributed by atoms with E-state index in [0.29, 0.717) is 0 Å². The van der Waals surface area contributed by atoms with Crippen molar-refractivity contribution in [2.45, 2.75) is 12.5 Å². The van der Waals surface area contributed by atoms with E-state index in [4.69, 9.17) is 22.1 Å². The van der Waals surface area contributed by atoms with Gasteiger partial charge in [0, 0.05) is 15.4 Å². The number of thiophene rings is 1. The molecule has 1 heterocycles. The standard InChI is InChI=1S/C13H13BrClNOS/c1-17-11-3-2-9(14)6-8(11)7-10(16)12-4-5-13(15)18-12/h2-6,10H,7,16H2,1H3. The van der Waals surface area contributed by atoms with Crippen molar-refractivity contribution in [1.82, 2.24) is 0 Å². The van der Waals surface area contributed by atoms with Crippen molar-refractivity contribution < 1.29 is 4.74 Å². The molecule has 1 aromatic heterocycles. The highest BCUT2D eigenvalue weighted by atomic mass is 79.9. The van der Waals surface area contributed by atoms with Gasteiger partial charge in [-0.25, -0.2) is 0 Å². The van der Waals surface area contributed by atoms with Gasteiger partial charge in [0.25, 0.3) is 0 Å². The largest absolute Gasteiger partial charge is 0.496 e. The number of benzene rings is 1. The van der Waals surface area contributed by atoms with Crippen molar-refractivity contribution in [3.63, 3.8) is 0 Å². The first-order chi connectivity index (χ1) is 8.60. The Balaban J connectivity index is 2.20. The van der Waals surface area contributed by atoms with E-state index in [1.54, 1.807) is 7.11 Å². The highest BCUT2D eigenvalue weighted by Crippen LogP contribution is 2.31. The van der Waals surface area contributed by atoms with Gasteiger partial charge in [-0.1, -0.05) is 27.5 Å². The Bertz CT molecular complexity index is 544. The van der Waals surface area contributed by atoms with Crippen LogP contribution in [-0.2, 0) is 6.42 Å². The molecule has 18 heavy (non-hydrogen) atoms. The molecule has 0 saturated carbocycles. The van der Waals surface area contributed by atoms with Crippen LogP contribution in [0.3, 0.4) is 0 Å². The molecule has 0 saturated heterocycles. The van der Waals surface area contributed by atoms with E-state index in [9.17, 15) is 0 Å². The maximum atomic E-state index is 6.19. The number of halogens is 2. The van der Waals surface area contributed by atoms with Crippen LogP contribution in [0, 0.1) is 0 Å². The summed E-state index contributed by atoms with van der Waals surface area (Å²) in [6, 6.07) is 9.71. The van der Waals surface area contributed by atoms with Crippen LogP contribution in [0.25, 0.3) is 0 Å². The molecule has 1 unspecified atom stereocenters. The van der Waals surface area contributed by atoms with Crippen LogP contribution >= 0.6 is 38.9 Å². The molecule has 2 N–H and O–H groups in total. The number of ether oxygens (including phenoxy) is 1. The summed E-state index contributed by atoms with van der Waals surface area (Å²) in [4.78, 5) is 1.09. The zero-order valence-electron chi connectivity index (χ0n) is 9.82. The van der Waals surface area contributed by atoms with E-state index >= 15 is 0 Å². The Morgan fingerprint density at radius 3 is 2.78 bits per heavy atom. The Labute approximate surface area is 124 Å². The van der Waals surface area contributed by atoms with Gasteiger partial charge in [-0.3, -0.25) is 0 Å². The maximum absolute atomic E-state index is 6.19. The minimum absolute atomic E-state index is 0.0642. The molecule has 0 aliphatic carbocycles. The van der Waals surface area contributed by atoms with Crippen LogP contribution in [0.1, 0.15) is 16.5 Å². The number of rotatable bonds is 4. The molecule has 2 aromatic rings. The van der Waals surface area contributed by atoms with Crippen LogP contribution < -0.4 is 10.5 Å². The van der Waals surface area contributed by atoms with Crippen molar-refractivity contribution in [1.29, 1.82) is 0 Å². The Kier molecular flexibility index (Phi) is 4.67. The summed E-state index contributed by atoms with van der Waals surface area (Å²) < 4.78 is 7.13. The van der Waals surface area contributed by atoms with Gasteiger partial charge in [0.05, 0.1) is 11.4 Å². The van der Waals surface area contributed by atoms with Gasteiger partial charge in [0.1, 0.15) is 5.75 Å². The molecule has 0 aliphatic rings. The highest BCUT2D eigenvalue weighted by Gasteiger charge is 2.13. The van der Waals surface area contributed by atoms with Gasteiger partial charge in [0.15, 0.2) is 0 Å². The predicted molar refractivity (Wildman–Crippen MR) is 80.7 cm³/mol. The SMILES string of the molecule is COc1ccc(Br)cc1CC(N)c1ccc(Cl)s1. The monoisotopic (exact) mass is 345 g/mol. The molecule has 0 fully saturated rings. The van der Waals surface area contributed by atoms with Gasteiger partial charge in [-0.05, 0) is 42.3 Å². The third kappa shape index (κ3) is 3.26. The summed E-state index contributed by atoms with van der Waals surface area (Å²) in [6.45, 7) is 0. The Morgan fingerprint density at radius 1 is 1.39 bits per heavy atom. The molecule has 0 spiro atoms. The Hall–Kier alpha value is -0.550. The first-order valence-electron chi connectivity index (χ1n) is 5.43. The summed E-state index contributed by atoms with van der Waals surface area (Å²) in [5, 5.41) is 0. The van der Waals surface area contributed by atoms with Crippen LogP contribution in [0.15, 0.2) is 34.8 Å². The molecule has 2 nitrogen and oxygen atoms in total. The van der Waals surface area contributed by atoms with Crippen molar-refractivity contribution in [2.24, 2.45) is 5.73 Å². The third-order valence-corrected chi connectivity index (χ3v) is 4.50. The zero-order valence-corrected chi connectivity index (χ0v) is 13.0. The molecule has 0 radical (unpaired) electrons. The van der Waals surface area contributed by atoms with Crippen LogP contribution in [0.4, 0.5) is 0 Å². The summed E-state index contributed by atoms with van der Waals surface area (Å²) in [6.07, 6.45) is 0.722. The lowest BCUT2D eigenvalue weighted by molar-refractivity contribution is 0.408. The van der Waals surface area contributed by atoms with E-state index in [1.807, 2.05) is 30.3 Å². The number of hydrogen-bond acceptors (Lipinski definition) is 3. The molecule has 5 heteroatoms. The number of nitrogens with two attached hydrogens (primary N) is 1. The molecule has 96 valence electrons. The molecular formula is C13H13BrClNOS. The second-order valence-corrected chi connectivity index (χ2v) is 6.57. The highest BCUT2D eigenvalue weighted by molar-refractivity contribution is 9.10. The lowest BCUT2D eigenvalue weighted by atomic mass is 10.0. The first kappa shape index (κ1) is 13.9. The van der Waals surface area contributed by atoms with Gasteiger partial charge < -0.3 is 10.5 Å². The second kappa shape index (κ2) is 6.06. The summed E-state index contributed by atoms with van der Waals surface area (Å²) >= 11 is 10.9. The molecule has 2 rings (SSSR count). The minimum Gasteiger partial charge on any atom is -0.496 e. The van der Waals surface area contributed by atoms with E-state index in [-0.39, 0.29) is 6.04 Å². The van der Waals surface area contributed by atoms with Gasteiger partial charge in [-0.2, -0.15) is 0 Å². The summed E-state index contributed by atoms with van der Waals surface area (Å²) in [5.74, 6) is 0.858. The quantitative estimate of drug-likeness (QED) is 0.889. The zero-order chi connectivity index (χ0) is 13.1. The van der Waals surface area contributed by atoms with E-state index in [0.717, 1.165) is 31.4 Å². The van der Waals surface area contributed by atoms with E-state index in [2.05, 4.69) is 15.9 Å². The average molecular weight is 347 g/mol. The summed E-state index contributed by atoms with van der Waals surface area (Å²) in [7, 11) is 1.67. The molecule has 0 aliphatic heterocycles. The summed E-state index contributed by atoms with van der Waals surface area (Å²) in [5.41, 5.74) is 7.28. The second-order valence-electron chi connectivity index (χ2n) is 3.91. The van der Waals surface area contributed by atoms with Gasteiger partial charge in [-0.15, -0.1) is 11.3 Å². The maximum Gasteiger partial charge on any atom is 0.122 e. The minimum atomic E-state index is -0.0642. The normalized spacial score (nSPS) is 12.4. The smallest absolute Gasteiger partial charge is 0.122 e. The lowest BCUT2D eigenvalue weighted by Gasteiger charge is -2.13. The van der Waals surface area contributed by atoms with Crippen LogP contribution in [0.2, 0.25) is 4.34 Å². The van der Waals surface area contributed by atoms with Crippen molar-refractivity contribution >= 4 is 38.9 Å². The van der Waals surface area contributed by atoms with Crippen molar-refractivity contribution in [3.8, 4) is 5.75 Å². The molecule has 0 bridgehead atoms. The van der Waals surface area contributed by atoms with Crippen LogP contribution in [0.5, 0.6) is 5.75 Å². The fraction of sp³-hybridized carbons (Fsp3) is 0.231. The molecule has 1 aromatic carbocycles. The van der Waals surface area contributed by atoms with E-state index in [1.165, 1.54) is 11.3 Å². The number of methoxy groups -OCH3 is 1. The molecule has 1 atom stereocenters. The predicted octanol–water partition coefficient (Wildman–Crippen LogP) is 4.42. The first-order valence-corrected chi connectivity index (χ1v) is 7.42. The molecule has 0 amide bonds. The fourth-order valence-corrected chi connectivity index (χ4v) is 3.24.